The van der Waals surface area contributed by atoms with Crippen molar-refractivity contribution in [2.45, 2.75) is 49.5 Å². The monoisotopic (exact) mass is 311 g/mol. The highest BCUT2D eigenvalue weighted by molar-refractivity contribution is 7.85. The van der Waals surface area contributed by atoms with Gasteiger partial charge in [-0.15, -0.1) is 0 Å². The summed E-state index contributed by atoms with van der Waals surface area (Å²) in [4.78, 5) is 21.8. The Labute approximate surface area is 127 Å². The Kier molecular flexibility index (Phi) is 4.92. The largest absolute Gasteiger partial charge is 0.444 e. The van der Waals surface area contributed by atoms with Gasteiger partial charge in [-0.05, 0) is 33.6 Å². The molecule has 0 bridgehead atoms. The molecular formula is C14H21N3O3S. The SMILES string of the molecule is CC(C)(C)OC(=O)N1CCC[C@@H]([S@@](=O)c2cnccn2)C1. The number of hydrogen-bond acceptors (Lipinski definition) is 5. The van der Waals surface area contributed by atoms with Gasteiger partial charge >= 0.3 is 6.09 Å². The Morgan fingerprint density at radius 1 is 1.43 bits per heavy atom. The summed E-state index contributed by atoms with van der Waals surface area (Å²) in [6.45, 7) is 6.58. The van der Waals surface area contributed by atoms with Gasteiger partial charge in [-0.25, -0.2) is 9.78 Å². The molecule has 0 aromatic carbocycles. The van der Waals surface area contributed by atoms with Gasteiger partial charge in [-0.3, -0.25) is 9.19 Å². The summed E-state index contributed by atoms with van der Waals surface area (Å²) >= 11 is 0. The Morgan fingerprint density at radius 3 is 2.81 bits per heavy atom. The van der Waals surface area contributed by atoms with Gasteiger partial charge in [0.15, 0.2) is 0 Å². The van der Waals surface area contributed by atoms with Crippen molar-refractivity contribution in [3.05, 3.63) is 18.6 Å². The summed E-state index contributed by atoms with van der Waals surface area (Å²) in [6.07, 6.45) is 5.88. The average molecular weight is 311 g/mol. The molecule has 1 fully saturated rings. The predicted octanol–water partition coefficient (Wildman–Crippen LogP) is 1.98. The zero-order valence-corrected chi connectivity index (χ0v) is 13.4. The molecule has 0 N–H and O–H groups in total. The Morgan fingerprint density at radius 2 is 2.19 bits per heavy atom. The van der Waals surface area contributed by atoms with Gasteiger partial charge in [-0.2, -0.15) is 0 Å². The van der Waals surface area contributed by atoms with Gasteiger partial charge in [0.1, 0.15) is 10.6 Å². The molecule has 116 valence electrons. The summed E-state index contributed by atoms with van der Waals surface area (Å²) in [5.41, 5.74) is -0.520. The van der Waals surface area contributed by atoms with Gasteiger partial charge in [0.25, 0.3) is 0 Å². The van der Waals surface area contributed by atoms with Crippen LogP contribution in [0.25, 0.3) is 0 Å². The molecule has 2 heterocycles. The van der Waals surface area contributed by atoms with E-state index < -0.39 is 16.4 Å². The highest BCUT2D eigenvalue weighted by atomic mass is 32.2. The Balaban J connectivity index is 2.01. The van der Waals surface area contributed by atoms with Gasteiger partial charge in [0.2, 0.25) is 0 Å². The van der Waals surface area contributed by atoms with Gasteiger partial charge in [0, 0.05) is 25.5 Å². The number of likely N-dealkylation sites (tertiary alicyclic amines) is 1. The van der Waals surface area contributed by atoms with E-state index in [1.807, 2.05) is 20.8 Å². The van der Waals surface area contributed by atoms with Crippen molar-refractivity contribution in [1.82, 2.24) is 14.9 Å². The van der Waals surface area contributed by atoms with Crippen LogP contribution >= 0.6 is 0 Å². The molecule has 2 rings (SSSR count). The van der Waals surface area contributed by atoms with Crippen molar-refractivity contribution in [3.63, 3.8) is 0 Å². The Bertz CT molecular complexity index is 516. The Hall–Kier alpha value is -1.50. The highest BCUT2D eigenvalue weighted by Crippen LogP contribution is 2.20. The molecule has 1 aliphatic heterocycles. The molecule has 0 aliphatic carbocycles. The van der Waals surface area contributed by atoms with Crippen molar-refractivity contribution >= 4 is 16.9 Å². The molecule has 21 heavy (non-hydrogen) atoms. The maximum Gasteiger partial charge on any atom is 0.410 e. The normalized spacial score (nSPS) is 20.9. The highest BCUT2D eigenvalue weighted by Gasteiger charge is 2.31. The number of aromatic nitrogens is 2. The predicted molar refractivity (Wildman–Crippen MR) is 79.3 cm³/mol. The summed E-state index contributed by atoms with van der Waals surface area (Å²) in [5.74, 6) is 0. The average Bonchev–Trinajstić information content (AvgIpc) is 2.46. The van der Waals surface area contributed by atoms with Crippen molar-refractivity contribution < 1.29 is 13.7 Å². The van der Waals surface area contributed by atoms with Crippen LogP contribution in [0.5, 0.6) is 0 Å². The van der Waals surface area contributed by atoms with Crippen molar-refractivity contribution in [2.24, 2.45) is 0 Å². The van der Waals surface area contributed by atoms with Crippen LogP contribution in [-0.2, 0) is 15.5 Å². The molecular weight excluding hydrogens is 290 g/mol. The van der Waals surface area contributed by atoms with Crippen molar-refractivity contribution in [1.29, 1.82) is 0 Å². The number of carbonyl (C=O) groups excluding carboxylic acids is 1. The van der Waals surface area contributed by atoms with Crippen LogP contribution in [0.3, 0.4) is 0 Å². The lowest BCUT2D eigenvalue weighted by molar-refractivity contribution is 0.0219. The minimum Gasteiger partial charge on any atom is -0.444 e. The molecule has 1 saturated heterocycles. The van der Waals surface area contributed by atoms with Crippen molar-refractivity contribution in [3.8, 4) is 0 Å². The third-order valence-corrected chi connectivity index (χ3v) is 4.69. The van der Waals surface area contributed by atoms with E-state index in [1.54, 1.807) is 11.1 Å². The van der Waals surface area contributed by atoms with Crippen LogP contribution in [0.15, 0.2) is 23.6 Å². The fraction of sp³-hybridized carbons (Fsp3) is 0.643. The molecule has 2 atom stereocenters. The molecule has 7 heteroatoms. The lowest BCUT2D eigenvalue weighted by Crippen LogP contribution is -2.45. The quantitative estimate of drug-likeness (QED) is 0.835. The van der Waals surface area contributed by atoms with Gasteiger partial charge in [0.05, 0.1) is 22.2 Å². The van der Waals surface area contributed by atoms with E-state index >= 15 is 0 Å². The molecule has 1 aromatic rings. The van der Waals surface area contributed by atoms with Crippen LogP contribution in [0.1, 0.15) is 33.6 Å². The van der Waals surface area contributed by atoms with Gasteiger partial charge in [-0.1, -0.05) is 0 Å². The fourth-order valence-electron chi connectivity index (χ4n) is 2.17. The number of carbonyl (C=O) groups is 1. The lowest BCUT2D eigenvalue weighted by atomic mass is 10.1. The number of hydrogen-bond donors (Lipinski definition) is 0. The first kappa shape index (κ1) is 15.9. The topological polar surface area (TPSA) is 72.4 Å². The number of ether oxygens (including phenoxy) is 1. The van der Waals surface area contributed by atoms with E-state index in [1.165, 1.54) is 12.4 Å². The van der Waals surface area contributed by atoms with Crippen LogP contribution in [-0.4, -0.2) is 49.1 Å². The summed E-state index contributed by atoms with van der Waals surface area (Å²) in [7, 11) is -1.25. The molecule has 1 amide bonds. The van der Waals surface area contributed by atoms with E-state index in [0.29, 0.717) is 18.1 Å². The first-order valence-corrected chi connectivity index (χ1v) is 8.22. The zero-order chi connectivity index (χ0) is 15.5. The number of piperidine rings is 1. The fourth-order valence-corrected chi connectivity index (χ4v) is 3.53. The van der Waals surface area contributed by atoms with Crippen LogP contribution in [0.2, 0.25) is 0 Å². The lowest BCUT2D eigenvalue weighted by Gasteiger charge is -2.33. The number of amides is 1. The standard InChI is InChI=1S/C14H21N3O3S/c1-14(2,3)20-13(18)17-8-4-5-11(10-17)21(19)12-9-15-6-7-16-12/h6-7,9,11H,4-5,8,10H2,1-3H3/t11-,21-/m1/s1. The second-order valence-corrected chi connectivity index (χ2v) is 7.71. The van der Waals surface area contributed by atoms with E-state index in [-0.39, 0.29) is 11.3 Å². The smallest absolute Gasteiger partial charge is 0.410 e. The van der Waals surface area contributed by atoms with Crippen LogP contribution in [0, 0.1) is 0 Å². The molecule has 0 spiro atoms. The molecule has 1 aliphatic rings. The zero-order valence-electron chi connectivity index (χ0n) is 12.6. The minimum atomic E-state index is -1.25. The molecule has 6 nitrogen and oxygen atoms in total. The molecule has 0 radical (unpaired) electrons. The third-order valence-electron chi connectivity index (χ3n) is 3.08. The van der Waals surface area contributed by atoms with Crippen LogP contribution in [0.4, 0.5) is 4.79 Å². The molecule has 1 aromatic heterocycles. The van der Waals surface area contributed by atoms with E-state index in [4.69, 9.17) is 4.74 Å². The van der Waals surface area contributed by atoms with E-state index in [0.717, 1.165) is 12.8 Å². The van der Waals surface area contributed by atoms with E-state index in [9.17, 15) is 9.00 Å². The minimum absolute atomic E-state index is 0.122. The maximum atomic E-state index is 12.5. The second-order valence-electron chi connectivity index (χ2n) is 6.03. The molecule has 0 saturated carbocycles. The molecule has 0 unspecified atom stereocenters. The first-order valence-electron chi connectivity index (χ1n) is 7.01. The maximum absolute atomic E-state index is 12.5. The second kappa shape index (κ2) is 6.51. The van der Waals surface area contributed by atoms with Crippen LogP contribution < -0.4 is 0 Å². The summed E-state index contributed by atoms with van der Waals surface area (Å²) in [6, 6.07) is 0. The van der Waals surface area contributed by atoms with Crippen molar-refractivity contribution in [2.75, 3.05) is 13.1 Å². The summed E-state index contributed by atoms with van der Waals surface area (Å²) in [5, 5.41) is 0.344. The summed E-state index contributed by atoms with van der Waals surface area (Å²) < 4.78 is 17.9. The van der Waals surface area contributed by atoms with Gasteiger partial charge < -0.3 is 9.64 Å². The first-order chi connectivity index (χ1) is 9.87. The number of rotatable bonds is 2. The number of nitrogens with zero attached hydrogens (tertiary/aromatic N) is 3. The van der Waals surface area contributed by atoms with E-state index in [2.05, 4.69) is 9.97 Å². The third kappa shape index (κ3) is 4.49.